The van der Waals surface area contributed by atoms with Crippen LogP contribution >= 0.6 is 0 Å². The molecule has 1 unspecified atom stereocenters. The lowest BCUT2D eigenvalue weighted by molar-refractivity contribution is -0.128. The Bertz CT molecular complexity index is 770. The summed E-state index contributed by atoms with van der Waals surface area (Å²) in [5.41, 5.74) is 4.04. The number of carbonyl (C=O) groups excluding carboxylic acids is 1. The molecule has 3 rings (SSSR count). The third-order valence-electron chi connectivity index (χ3n) is 5.36. The molecule has 1 aliphatic carbocycles. The van der Waals surface area contributed by atoms with E-state index in [9.17, 15) is 4.79 Å². The van der Waals surface area contributed by atoms with Crippen LogP contribution in [0.2, 0.25) is 0 Å². The maximum atomic E-state index is 12.5. The van der Waals surface area contributed by atoms with Crippen LogP contribution in [-0.4, -0.2) is 25.7 Å². The zero-order chi connectivity index (χ0) is 19.8. The first-order chi connectivity index (χ1) is 13.7. The van der Waals surface area contributed by atoms with Crippen molar-refractivity contribution < 1.29 is 14.3 Å². The second kappa shape index (κ2) is 10.2. The highest BCUT2D eigenvalue weighted by Crippen LogP contribution is 2.26. The van der Waals surface area contributed by atoms with E-state index in [1.165, 1.54) is 29.5 Å². The van der Waals surface area contributed by atoms with Crippen LogP contribution < -0.4 is 14.8 Å². The van der Waals surface area contributed by atoms with Gasteiger partial charge in [0.15, 0.2) is 6.10 Å². The van der Waals surface area contributed by atoms with E-state index in [-0.39, 0.29) is 5.91 Å². The van der Waals surface area contributed by atoms with Gasteiger partial charge in [-0.05, 0) is 85.9 Å². The molecule has 2 aromatic carbocycles. The van der Waals surface area contributed by atoms with Gasteiger partial charge in [-0.25, -0.2) is 0 Å². The van der Waals surface area contributed by atoms with Gasteiger partial charge >= 0.3 is 0 Å². The summed E-state index contributed by atoms with van der Waals surface area (Å²) < 4.78 is 11.2. The monoisotopic (exact) mass is 381 g/mol. The van der Waals surface area contributed by atoms with Crippen molar-refractivity contribution in [1.29, 1.82) is 0 Å². The molecule has 1 N–H and O–H groups in total. The summed E-state index contributed by atoms with van der Waals surface area (Å²) in [4.78, 5) is 12.5. The Hall–Kier alpha value is -2.49. The fraction of sp³-hybridized carbons (Fsp3) is 0.458. The predicted molar refractivity (Wildman–Crippen MR) is 112 cm³/mol. The summed E-state index contributed by atoms with van der Waals surface area (Å²) in [5, 5.41) is 3.02. The molecular weight excluding hydrogens is 350 g/mol. The number of amides is 1. The van der Waals surface area contributed by atoms with Gasteiger partial charge in [0.25, 0.3) is 5.91 Å². The molecule has 0 saturated carbocycles. The maximum Gasteiger partial charge on any atom is 0.261 e. The Morgan fingerprint density at radius 1 is 1.04 bits per heavy atom. The van der Waals surface area contributed by atoms with Gasteiger partial charge in [0.05, 0.1) is 7.11 Å². The highest BCUT2D eigenvalue weighted by atomic mass is 16.5. The average Bonchev–Trinajstić information content (AvgIpc) is 2.75. The number of ether oxygens (including phenoxy) is 2. The van der Waals surface area contributed by atoms with E-state index in [0.717, 1.165) is 37.2 Å². The summed E-state index contributed by atoms with van der Waals surface area (Å²) in [6, 6.07) is 14.3. The van der Waals surface area contributed by atoms with E-state index in [0.29, 0.717) is 13.0 Å². The molecule has 4 nitrogen and oxygen atoms in total. The molecule has 0 bridgehead atoms. The van der Waals surface area contributed by atoms with Gasteiger partial charge in [0.2, 0.25) is 0 Å². The van der Waals surface area contributed by atoms with E-state index in [4.69, 9.17) is 9.47 Å². The predicted octanol–water partition coefficient (Wildman–Crippen LogP) is 4.48. The van der Waals surface area contributed by atoms with Gasteiger partial charge in [0.1, 0.15) is 11.5 Å². The standard InChI is InChI=1S/C24H31NO3/c1-3-23(28-22-15-12-19-8-4-5-9-20(19)17-22)24(26)25-16-6-7-18-10-13-21(27-2)14-11-18/h10-15,17,23H,3-9,16H2,1-2H3,(H,25,26). The van der Waals surface area contributed by atoms with Crippen molar-refractivity contribution in [3.05, 3.63) is 59.2 Å². The summed E-state index contributed by atoms with van der Waals surface area (Å²) in [7, 11) is 1.67. The molecule has 1 amide bonds. The van der Waals surface area contributed by atoms with Crippen molar-refractivity contribution in [2.45, 2.75) is 58.0 Å². The summed E-state index contributed by atoms with van der Waals surface area (Å²) in [6.07, 6.45) is 6.80. The van der Waals surface area contributed by atoms with Crippen molar-refractivity contribution in [3.8, 4) is 11.5 Å². The summed E-state index contributed by atoms with van der Waals surface area (Å²) >= 11 is 0. The number of carbonyl (C=O) groups is 1. The van der Waals surface area contributed by atoms with Crippen LogP contribution in [-0.2, 0) is 24.1 Å². The maximum absolute atomic E-state index is 12.5. The number of methoxy groups -OCH3 is 1. The molecule has 1 aliphatic rings. The van der Waals surface area contributed by atoms with Gasteiger partial charge in [-0.15, -0.1) is 0 Å². The molecule has 0 heterocycles. The van der Waals surface area contributed by atoms with E-state index in [1.807, 2.05) is 25.1 Å². The Labute approximate surface area is 168 Å². The minimum absolute atomic E-state index is 0.0325. The zero-order valence-electron chi connectivity index (χ0n) is 17.0. The van der Waals surface area contributed by atoms with Crippen LogP contribution in [0.1, 0.15) is 49.3 Å². The first-order valence-corrected chi connectivity index (χ1v) is 10.4. The molecule has 4 heteroatoms. The zero-order valence-corrected chi connectivity index (χ0v) is 17.0. The normalized spacial score (nSPS) is 14.1. The molecule has 0 spiro atoms. The molecule has 0 saturated heterocycles. The topological polar surface area (TPSA) is 47.6 Å². The quantitative estimate of drug-likeness (QED) is 0.652. The smallest absolute Gasteiger partial charge is 0.261 e. The van der Waals surface area contributed by atoms with Crippen LogP contribution in [0.15, 0.2) is 42.5 Å². The minimum Gasteiger partial charge on any atom is -0.497 e. The highest BCUT2D eigenvalue weighted by Gasteiger charge is 2.19. The number of hydrogen-bond donors (Lipinski definition) is 1. The molecule has 2 aromatic rings. The van der Waals surface area contributed by atoms with Gasteiger partial charge in [0, 0.05) is 6.54 Å². The van der Waals surface area contributed by atoms with E-state index >= 15 is 0 Å². The molecule has 0 aliphatic heterocycles. The van der Waals surface area contributed by atoms with Gasteiger partial charge in [-0.3, -0.25) is 4.79 Å². The lowest BCUT2D eigenvalue weighted by Crippen LogP contribution is -2.38. The second-order valence-electron chi connectivity index (χ2n) is 7.40. The lowest BCUT2D eigenvalue weighted by Gasteiger charge is -2.20. The van der Waals surface area contributed by atoms with Crippen molar-refractivity contribution >= 4 is 5.91 Å². The Morgan fingerprint density at radius 3 is 2.46 bits per heavy atom. The molecule has 1 atom stereocenters. The lowest BCUT2D eigenvalue weighted by atomic mass is 9.92. The minimum atomic E-state index is -0.442. The second-order valence-corrected chi connectivity index (χ2v) is 7.40. The molecule has 28 heavy (non-hydrogen) atoms. The number of benzene rings is 2. The third kappa shape index (κ3) is 5.51. The molecule has 0 aromatic heterocycles. The number of nitrogens with one attached hydrogen (secondary N) is 1. The first-order valence-electron chi connectivity index (χ1n) is 10.4. The molecule has 0 fully saturated rings. The summed E-state index contributed by atoms with van der Waals surface area (Å²) in [5.74, 6) is 1.64. The number of hydrogen-bond acceptors (Lipinski definition) is 3. The number of fused-ring (bicyclic) bond motifs is 1. The number of aryl methyl sites for hydroxylation is 3. The van der Waals surface area contributed by atoms with Gasteiger partial charge < -0.3 is 14.8 Å². The van der Waals surface area contributed by atoms with Crippen LogP contribution in [0.25, 0.3) is 0 Å². The van der Waals surface area contributed by atoms with Crippen molar-refractivity contribution in [2.75, 3.05) is 13.7 Å². The van der Waals surface area contributed by atoms with Crippen LogP contribution in [0.5, 0.6) is 11.5 Å². The largest absolute Gasteiger partial charge is 0.497 e. The van der Waals surface area contributed by atoms with Crippen LogP contribution in [0.3, 0.4) is 0 Å². The fourth-order valence-electron chi connectivity index (χ4n) is 3.68. The Kier molecular flexibility index (Phi) is 7.35. The third-order valence-corrected chi connectivity index (χ3v) is 5.36. The van der Waals surface area contributed by atoms with Crippen LogP contribution in [0, 0.1) is 0 Å². The first kappa shape index (κ1) is 20.2. The molecule has 0 radical (unpaired) electrons. The fourth-order valence-corrected chi connectivity index (χ4v) is 3.68. The van der Waals surface area contributed by atoms with Gasteiger partial charge in [-0.1, -0.05) is 25.1 Å². The number of rotatable bonds is 9. The average molecular weight is 382 g/mol. The van der Waals surface area contributed by atoms with E-state index < -0.39 is 6.10 Å². The van der Waals surface area contributed by atoms with Gasteiger partial charge in [-0.2, -0.15) is 0 Å². The van der Waals surface area contributed by atoms with Crippen molar-refractivity contribution in [3.63, 3.8) is 0 Å². The summed E-state index contributed by atoms with van der Waals surface area (Å²) in [6.45, 7) is 2.63. The SMILES string of the molecule is CCC(Oc1ccc2c(c1)CCCC2)C(=O)NCCCc1ccc(OC)cc1. The Balaban J connectivity index is 1.45. The van der Waals surface area contributed by atoms with Crippen LogP contribution in [0.4, 0.5) is 0 Å². The van der Waals surface area contributed by atoms with Crippen molar-refractivity contribution in [2.24, 2.45) is 0 Å². The highest BCUT2D eigenvalue weighted by molar-refractivity contribution is 5.81. The van der Waals surface area contributed by atoms with E-state index in [1.54, 1.807) is 7.11 Å². The van der Waals surface area contributed by atoms with E-state index in [2.05, 4.69) is 29.6 Å². The Morgan fingerprint density at radius 2 is 1.75 bits per heavy atom. The van der Waals surface area contributed by atoms with Crippen molar-refractivity contribution in [1.82, 2.24) is 5.32 Å². The molecule has 150 valence electrons. The molecular formula is C24H31NO3.